The number of ether oxygens (including phenoxy) is 1. The Kier molecular flexibility index (Phi) is 4.75. The van der Waals surface area contributed by atoms with Crippen LogP contribution in [0.15, 0.2) is 54.6 Å². The number of hydrogen-bond acceptors (Lipinski definition) is 2. The van der Waals surface area contributed by atoms with Gasteiger partial charge >= 0.3 is 0 Å². The van der Waals surface area contributed by atoms with Crippen LogP contribution in [0.3, 0.4) is 0 Å². The topological polar surface area (TPSA) is 9.23 Å². The first-order valence-corrected chi connectivity index (χ1v) is 6.38. The molecule has 0 bridgehead atoms. The summed E-state index contributed by atoms with van der Waals surface area (Å²) in [5.41, 5.74) is 2.15. The maximum absolute atomic E-state index is 5.69. The van der Waals surface area contributed by atoms with Gasteiger partial charge in [-0.05, 0) is 29.8 Å². The van der Waals surface area contributed by atoms with E-state index in [1.807, 2.05) is 54.6 Å². The van der Waals surface area contributed by atoms with Gasteiger partial charge in [0.1, 0.15) is 12.4 Å². The van der Waals surface area contributed by atoms with Crippen LogP contribution in [0.4, 0.5) is 0 Å². The van der Waals surface area contributed by atoms with Crippen molar-refractivity contribution in [3.05, 3.63) is 65.7 Å². The van der Waals surface area contributed by atoms with Crippen LogP contribution in [0.2, 0.25) is 0 Å². The standard InChI is InChI=1S/C16H14OS/c18-12-4-7-14-8-10-16(11-9-14)17-13-15-5-2-1-3-6-15/h1-3,5-6,8-11,18H,12-13H2. The Bertz CT molecular complexity index is 535. The lowest BCUT2D eigenvalue weighted by Gasteiger charge is -2.05. The molecule has 0 N–H and O–H groups in total. The highest BCUT2D eigenvalue weighted by molar-refractivity contribution is 7.80. The van der Waals surface area contributed by atoms with E-state index < -0.39 is 0 Å². The normalized spacial score (nSPS) is 9.39. The molecule has 2 heteroatoms. The summed E-state index contributed by atoms with van der Waals surface area (Å²) in [6.07, 6.45) is 0. The van der Waals surface area contributed by atoms with E-state index in [4.69, 9.17) is 4.74 Å². The smallest absolute Gasteiger partial charge is 0.119 e. The molecule has 2 aromatic rings. The zero-order chi connectivity index (χ0) is 12.6. The van der Waals surface area contributed by atoms with Gasteiger partial charge in [0.15, 0.2) is 0 Å². The fraction of sp³-hybridized carbons (Fsp3) is 0.125. The molecule has 90 valence electrons. The summed E-state index contributed by atoms with van der Waals surface area (Å²) in [6.45, 7) is 0.586. The monoisotopic (exact) mass is 254 g/mol. The van der Waals surface area contributed by atoms with Crippen molar-refractivity contribution in [3.63, 3.8) is 0 Å². The van der Waals surface area contributed by atoms with Crippen LogP contribution in [-0.4, -0.2) is 5.75 Å². The first kappa shape index (κ1) is 12.6. The van der Waals surface area contributed by atoms with Crippen molar-refractivity contribution in [3.8, 4) is 17.6 Å². The summed E-state index contributed by atoms with van der Waals surface area (Å²) >= 11 is 4.05. The molecule has 0 aliphatic carbocycles. The minimum Gasteiger partial charge on any atom is -0.489 e. The van der Waals surface area contributed by atoms with Gasteiger partial charge < -0.3 is 4.74 Å². The fourth-order valence-corrected chi connectivity index (χ4v) is 1.60. The summed E-state index contributed by atoms with van der Waals surface area (Å²) in [5, 5.41) is 0. The lowest BCUT2D eigenvalue weighted by atomic mass is 10.2. The van der Waals surface area contributed by atoms with Crippen molar-refractivity contribution < 1.29 is 4.74 Å². The predicted octanol–water partition coefficient (Wildman–Crippen LogP) is 3.55. The molecule has 2 aromatic carbocycles. The Balaban J connectivity index is 1.94. The highest BCUT2D eigenvalue weighted by Crippen LogP contribution is 2.13. The molecule has 0 aromatic heterocycles. The van der Waals surface area contributed by atoms with Gasteiger partial charge in [-0.2, -0.15) is 12.6 Å². The second-order valence-corrected chi connectivity index (χ2v) is 4.07. The van der Waals surface area contributed by atoms with Crippen molar-refractivity contribution in [1.82, 2.24) is 0 Å². The SMILES string of the molecule is SCC#Cc1ccc(OCc2ccccc2)cc1. The lowest BCUT2D eigenvalue weighted by molar-refractivity contribution is 0.306. The van der Waals surface area contributed by atoms with Gasteiger partial charge in [-0.15, -0.1) is 0 Å². The number of hydrogen-bond donors (Lipinski definition) is 1. The minimum atomic E-state index is 0.576. The second kappa shape index (κ2) is 6.78. The number of benzene rings is 2. The Labute approximate surface area is 113 Å². The van der Waals surface area contributed by atoms with Gasteiger partial charge in [-0.3, -0.25) is 0 Å². The molecule has 0 amide bonds. The van der Waals surface area contributed by atoms with Gasteiger partial charge in [0.25, 0.3) is 0 Å². The third-order valence-corrected chi connectivity index (χ3v) is 2.57. The van der Waals surface area contributed by atoms with Crippen molar-refractivity contribution in [1.29, 1.82) is 0 Å². The molecule has 0 unspecified atom stereocenters. The van der Waals surface area contributed by atoms with Crippen LogP contribution in [-0.2, 0) is 6.61 Å². The molecule has 0 spiro atoms. The van der Waals surface area contributed by atoms with Gasteiger partial charge in [0.05, 0.1) is 5.75 Å². The quantitative estimate of drug-likeness (QED) is 0.651. The Morgan fingerprint density at radius 2 is 1.67 bits per heavy atom. The molecule has 0 saturated carbocycles. The zero-order valence-electron chi connectivity index (χ0n) is 9.97. The fourth-order valence-electron chi connectivity index (χ4n) is 1.52. The third-order valence-electron chi connectivity index (χ3n) is 2.41. The predicted molar refractivity (Wildman–Crippen MR) is 77.9 cm³/mol. The van der Waals surface area contributed by atoms with Crippen molar-refractivity contribution in [2.24, 2.45) is 0 Å². The van der Waals surface area contributed by atoms with E-state index in [1.54, 1.807) is 0 Å². The highest BCUT2D eigenvalue weighted by Gasteiger charge is 1.95. The number of rotatable bonds is 3. The summed E-state index contributed by atoms with van der Waals surface area (Å²) in [7, 11) is 0. The van der Waals surface area contributed by atoms with E-state index in [2.05, 4.69) is 24.5 Å². The maximum atomic E-state index is 5.69. The molecule has 0 aliphatic rings. The third kappa shape index (κ3) is 3.87. The van der Waals surface area contributed by atoms with Crippen LogP contribution >= 0.6 is 12.6 Å². The van der Waals surface area contributed by atoms with E-state index >= 15 is 0 Å². The number of thiol groups is 1. The molecule has 0 radical (unpaired) electrons. The average Bonchev–Trinajstić information content (AvgIpc) is 2.45. The first-order chi connectivity index (χ1) is 8.88. The molecular formula is C16H14OS. The second-order valence-electron chi connectivity index (χ2n) is 3.76. The van der Waals surface area contributed by atoms with Crippen LogP contribution < -0.4 is 4.74 Å². The van der Waals surface area contributed by atoms with E-state index in [-0.39, 0.29) is 0 Å². The van der Waals surface area contributed by atoms with E-state index in [9.17, 15) is 0 Å². The van der Waals surface area contributed by atoms with E-state index in [0.717, 1.165) is 16.9 Å². The first-order valence-electron chi connectivity index (χ1n) is 5.75. The van der Waals surface area contributed by atoms with Gasteiger partial charge in [-0.25, -0.2) is 0 Å². The maximum Gasteiger partial charge on any atom is 0.119 e. The minimum absolute atomic E-state index is 0.576. The molecule has 1 nitrogen and oxygen atoms in total. The van der Waals surface area contributed by atoms with Gasteiger partial charge in [0, 0.05) is 5.56 Å². The highest BCUT2D eigenvalue weighted by atomic mass is 32.1. The van der Waals surface area contributed by atoms with E-state index in [1.165, 1.54) is 0 Å². The lowest BCUT2D eigenvalue weighted by Crippen LogP contribution is -1.94. The molecular weight excluding hydrogens is 240 g/mol. The Morgan fingerprint density at radius 1 is 0.944 bits per heavy atom. The Hall–Kier alpha value is -1.85. The Morgan fingerprint density at radius 3 is 2.33 bits per heavy atom. The molecule has 18 heavy (non-hydrogen) atoms. The van der Waals surface area contributed by atoms with Crippen molar-refractivity contribution >= 4 is 12.6 Å². The van der Waals surface area contributed by atoms with Crippen LogP contribution in [0.5, 0.6) is 5.75 Å². The largest absolute Gasteiger partial charge is 0.489 e. The molecule has 0 fully saturated rings. The summed E-state index contributed by atoms with van der Waals surface area (Å²) in [6, 6.07) is 17.9. The average molecular weight is 254 g/mol. The van der Waals surface area contributed by atoms with Crippen LogP contribution in [0, 0.1) is 11.8 Å². The van der Waals surface area contributed by atoms with E-state index in [0.29, 0.717) is 12.4 Å². The molecule has 2 rings (SSSR count). The molecule has 0 saturated heterocycles. The van der Waals surface area contributed by atoms with Crippen molar-refractivity contribution in [2.45, 2.75) is 6.61 Å². The zero-order valence-corrected chi connectivity index (χ0v) is 10.9. The molecule has 0 atom stereocenters. The molecule has 0 aliphatic heterocycles. The van der Waals surface area contributed by atoms with Crippen LogP contribution in [0.25, 0.3) is 0 Å². The van der Waals surface area contributed by atoms with Crippen LogP contribution in [0.1, 0.15) is 11.1 Å². The van der Waals surface area contributed by atoms with Gasteiger partial charge in [-0.1, -0.05) is 42.2 Å². The van der Waals surface area contributed by atoms with Gasteiger partial charge in [0.2, 0.25) is 0 Å². The molecule has 0 heterocycles. The van der Waals surface area contributed by atoms with Crippen molar-refractivity contribution in [2.75, 3.05) is 5.75 Å². The summed E-state index contributed by atoms with van der Waals surface area (Å²) < 4.78 is 5.69. The summed E-state index contributed by atoms with van der Waals surface area (Å²) in [4.78, 5) is 0. The summed E-state index contributed by atoms with van der Waals surface area (Å²) in [5.74, 6) is 7.36.